The van der Waals surface area contributed by atoms with Crippen molar-refractivity contribution in [3.63, 3.8) is 0 Å². The van der Waals surface area contributed by atoms with Gasteiger partial charge in [-0.05, 0) is 41.5 Å². The number of methoxy groups -OCH3 is 4. The Morgan fingerprint density at radius 3 is 2.04 bits per heavy atom. The standard InChI is InChI=1S/C39H70O11Si/c1-15-29(22-48-51(25(2)3,26(4)5)27(6)7)16-28(8)33-19-31(44-13)21-35(46-23-42-11)39(9,10)36-18-30(40)17-32(49-36)20-34(45-14)37(38(41)50-33)47-24-43-12/h16,18,25-27,29,31-35,37H,15,17,19-24H2,1-14H3/b28-16+/t29-,31-,32-,33?,34-,35?,37?/m1/s1. The topological polar surface area (TPSA) is 117 Å². The second kappa shape index (κ2) is 21.3. The summed E-state index contributed by atoms with van der Waals surface area (Å²) < 4.78 is 54.4. The summed E-state index contributed by atoms with van der Waals surface area (Å²) in [5.41, 5.74) is 1.58. The third-order valence-electron chi connectivity index (χ3n) is 10.9. The normalized spacial score (nSPS) is 27.6. The van der Waals surface area contributed by atoms with E-state index in [0.717, 1.165) is 12.0 Å². The predicted octanol–water partition coefficient (Wildman–Crippen LogP) is 7.52. The van der Waals surface area contributed by atoms with Crippen molar-refractivity contribution >= 4 is 20.1 Å². The molecule has 0 saturated carbocycles. The number of ketones is 1. The van der Waals surface area contributed by atoms with Gasteiger partial charge in [0.15, 0.2) is 20.2 Å². The molecule has 0 aromatic carbocycles. The summed E-state index contributed by atoms with van der Waals surface area (Å²) in [6.45, 7) is 22.4. The van der Waals surface area contributed by atoms with Crippen molar-refractivity contribution in [2.24, 2.45) is 11.3 Å². The molecule has 1 saturated heterocycles. The van der Waals surface area contributed by atoms with Gasteiger partial charge < -0.3 is 42.3 Å². The van der Waals surface area contributed by atoms with Gasteiger partial charge in [0.05, 0.1) is 18.3 Å². The molecule has 2 aliphatic rings. The number of carbonyl (C=O) groups is 2. The Morgan fingerprint density at radius 1 is 0.902 bits per heavy atom. The molecule has 2 heterocycles. The number of carbonyl (C=O) groups excluding carboxylic acids is 2. The van der Waals surface area contributed by atoms with Crippen molar-refractivity contribution in [1.82, 2.24) is 0 Å². The van der Waals surface area contributed by atoms with Gasteiger partial charge in [0.2, 0.25) is 0 Å². The van der Waals surface area contributed by atoms with Gasteiger partial charge in [-0.15, -0.1) is 0 Å². The Morgan fingerprint density at radius 2 is 1.51 bits per heavy atom. The zero-order valence-corrected chi connectivity index (χ0v) is 35.1. The van der Waals surface area contributed by atoms with Crippen molar-refractivity contribution in [3.8, 4) is 0 Å². The van der Waals surface area contributed by atoms with Crippen molar-refractivity contribution in [2.75, 3.05) is 48.6 Å². The monoisotopic (exact) mass is 742 g/mol. The first-order valence-corrected chi connectivity index (χ1v) is 20.9. The fourth-order valence-corrected chi connectivity index (χ4v) is 13.4. The quantitative estimate of drug-likeness (QED) is 0.0638. The SMILES string of the molecule is CC[C@H](/C=C(\C)C1C[C@@H](OC)CC(OCOC)C(C)(C)C2=CC(=O)C[C@H](C[C@@H](OC)C(OCOC)C(=O)O1)O2)CO[Si](C(C)C)(C(C)C)C(C)C. The minimum Gasteiger partial charge on any atom is -0.493 e. The van der Waals surface area contributed by atoms with Gasteiger partial charge in [-0.2, -0.15) is 0 Å². The summed E-state index contributed by atoms with van der Waals surface area (Å²) in [6.07, 6.45) is 1.76. The Hall–Kier alpha value is -1.64. The van der Waals surface area contributed by atoms with Crippen molar-refractivity contribution in [2.45, 2.75) is 155 Å². The molecule has 0 aromatic rings. The molecule has 2 bridgehead atoms. The molecule has 7 atom stereocenters. The van der Waals surface area contributed by atoms with E-state index < -0.39 is 56.3 Å². The highest BCUT2D eigenvalue weighted by molar-refractivity contribution is 6.77. The van der Waals surface area contributed by atoms with Crippen LogP contribution < -0.4 is 0 Å². The summed E-state index contributed by atoms with van der Waals surface area (Å²) in [7, 11) is 4.12. The molecule has 0 amide bonds. The van der Waals surface area contributed by atoms with Gasteiger partial charge in [-0.3, -0.25) is 4.79 Å². The fourth-order valence-electron chi connectivity index (χ4n) is 7.92. The van der Waals surface area contributed by atoms with Crippen LogP contribution in [0.3, 0.4) is 0 Å². The van der Waals surface area contributed by atoms with Gasteiger partial charge in [0, 0.05) is 72.2 Å². The van der Waals surface area contributed by atoms with E-state index in [1.807, 2.05) is 20.8 Å². The summed E-state index contributed by atoms with van der Waals surface area (Å²) in [6, 6.07) is 0. The first kappa shape index (κ1) is 45.5. The maximum absolute atomic E-state index is 14.1. The smallest absolute Gasteiger partial charge is 0.338 e. The van der Waals surface area contributed by atoms with Gasteiger partial charge in [-0.1, -0.05) is 68.4 Å². The molecule has 2 rings (SSSR count). The first-order valence-electron chi connectivity index (χ1n) is 18.7. The Bertz CT molecular complexity index is 1110. The molecule has 0 N–H and O–H groups in total. The third-order valence-corrected chi connectivity index (χ3v) is 17.0. The van der Waals surface area contributed by atoms with E-state index in [1.165, 1.54) is 14.2 Å². The fraction of sp³-hybridized carbons (Fsp3) is 0.846. The van der Waals surface area contributed by atoms with E-state index in [-0.39, 0.29) is 38.1 Å². The van der Waals surface area contributed by atoms with Crippen LogP contribution in [0.25, 0.3) is 0 Å². The van der Waals surface area contributed by atoms with Gasteiger partial charge in [-0.25, -0.2) is 4.79 Å². The molecule has 51 heavy (non-hydrogen) atoms. The molecule has 12 heteroatoms. The molecule has 3 unspecified atom stereocenters. The Balaban J connectivity index is 2.63. The van der Waals surface area contributed by atoms with E-state index in [0.29, 0.717) is 41.8 Å². The van der Waals surface area contributed by atoms with Crippen molar-refractivity contribution < 1.29 is 51.9 Å². The molecular formula is C39H70O11Si. The average Bonchev–Trinajstić information content (AvgIpc) is 3.06. The lowest BCUT2D eigenvalue weighted by molar-refractivity contribution is -0.187. The predicted molar refractivity (Wildman–Crippen MR) is 200 cm³/mol. The number of ether oxygens (including phenoxy) is 8. The number of hydrogen-bond donors (Lipinski definition) is 0. The number of hydrogen-bond acceptors (Lipinski definition) is 11. The molecule has 0 spiro atoms. The Kier molecular flexibility index (Phi) is 19.0. The number of allylic oxidation sites excluding steroid dienone is 1. The van der Waals surface area contributed by atoms with E-state index in [2.05, 4.69) is 54.5 Å². The molecular weight excluding hydrogens is 673 g/mol. The van der Waals surface area contributed by atoms with Crippen LogP contribution >= 0.6 is 0 Å². The lowest BCUT2D eigenvalue weighted by atomic mass is 9.79. The van der Waals surface area contributed by atoms with E-state index in [9.17, 15) is 9.59 Å². The number of cyclic esters (lactones) is 1. The van der Waals surface area contributed by atoms with Crippen LogP contribution in [0.15, 0.2) is 23.5 Å². The molecule has 0 radical (unpaired) electrons. The third kappa shape index (κ3) is 12.2. The lowest BCUT2D eigenvalue weighted by Crippen LogP contribution is -2.48. The molecule has 1 fully saturated rings. The number of fused-ring (bicyclic) bond motifs is 2. The summed E-state index contributed by atoms with van der Waals surface area (Å²) in [4.78, 5) is 27.2. The van der Waals surface area contributed by atoms with Crippen LogP contribution in [0.5, 0.6) is 0 Å². The van der Waals surface area contributed by atoms with Crippen LogP contribution in [0.2, 0.25) is 16.6 Å². The highest BCUT2D eigenvalue weighted by Crippen LogP contribution is 2.43. The second-order valence-corrected chi connectivity index (χ2v) is 21.1. The minimum atomic E-state index is -2.09. The minimum absolute atomic E-state index is 0.0446. The second-order valence-electron chi connectivity index (χ2n) is 15.7. The maximum atomic E-state index is 14.1. The lowest BCUT2D eigenvalue weighted by Gasteiger charge is -2.43. The van der Waals surface area contributed by atoms with Crippen LogP contribution in [-0.4, -0.2) is 105 Å². The molecule has 0 aromatic heterocycles. The largest absolute Gasteiger partial charge is 0.493 e. The first-order chi connectivity index (χ1) is 24.0. The molecule has 11 nitrogen and oxygen atoms in total. The number of rotatable bonds is 17. The molecule has 296 valence electrons. The maximum Gasteiger partial charge on any atom is 0.338 e. The zero-order valence-electron chi connectivity index (χ0n) is 34.1. The van der Waals surface area contributed by atoms with Crippen molar-refractivity contribution in [1.29, 1.82) is 0 Å². The number of esters is 1. The van der Waals surface area contributed by atoms with Crippen LogP contribution in [-0.2, 0) is 51.9 Å². The summed E-state index contributed by atoms with van der Waals surface area (Å²) in [5, 5.41) is 0. The van der Waals surface area contributed by atoms with Crippen LogP contribution in [0, 0.1) is 11.3 Å². The zero-order chi connectivity index (χ0) is 38.5. The highest BCUT2D eigenvalue weighted by Gasteiger charge is 2.46. The van der Waals surface area contributed by atoms with Gasteiger partial charge in [0.1, 0.15) is 31.6 Å². The van der Waals surface area contributed by atoms with E-state index in [1.54, 1.807) is 20.3 Å². The van der Waals surface area contributed by atoms with Gasteiger partial charge in [0.25, 0.3) is 0 Å². The van der Waals surface area contributed by atoms with E-state index in [4.69, 9.17) is 42.3 Å². The van der Waals surface area contributed by atoms with Crippen LogP contribution in [0.1, 0.15) is 101 Å². The average molecular weight is 743 g/mol. The van der Waals surface area contributed by atoms with Crippen molar-refractivity contribution in [3.05, 3.63) is 23.5 Å². The van der Waals surface area contributed by atoms with Crippen LogP contribution in [0.4, 0.5) is 0 Å². The summed E-state index contributed by atoms with van der Waals surface area (Å²) >= 11 is 0. The molecule has 0 aliphatic carbocycles. The molecule has 2 aliphatic heterocycles. The van der Waals surface area contributed by atoms with Gasteiger partial charge >= 0.3 is 5.97 Å². The summed E-state index contributed by atoms with van der Waals surface area (Å²) in [5.74, 6) is -0.0480. The Labute approximate surface area is 309 Å². The van der Waals surface area contributed by atoms with E-state index >= 15 is 0 Å². The highest BCUT2D eigenvalue weighted by atomic mass is 28.4.